The van der Waals surface area contributed by atoms with E-state index in [1.165, 1.54) is 0 Å². The molecule has 7 heavy (non-hydrogen) atoms. The average Bonchev–Trinajstić information content (AvgIpc) is 2.14. The van der Waals surface area contributed by atoms with E-state index in [-0.39, 0.29) is 0 Å². The van der Waals surface area contributed by atoms with Gasteiger partial charge in [-0.15, -0.1) is 11.8 Å². The molecule has 1 rings (SSSR count). The summed E-state index contributed by atoms with van der Waals surface area (Å²) in [5.41, 5.74) is 0. The summed E-state index contributed by atoms with van der Waals surface area (Å²) in [6.07, 6.45) is 6.28. The van der Waals surface area contributed by atoms with Crippen LogP contribution in [-0.2, 0) is 0 Å². The molecule has 0 fully saturated rings. The van der Waals surface area contributed by atoms with Crippen LogP contribution in [0.4, 0.5) is 0 Å². The van der Waals surface area contributed by atoms with Crippen LogP contribution in [0.2, 0.25) is 0 Å². The molecule has 0 saturated heterocycles. The molecule has 0 N–H and O–H groups in total. The summed E-state index contributed by atoms with van der Waals surface area (Å²) in [6, 6.07) is 1.88. The summed E-state index contributed by atoms with van der Waals surface area (Å²) in [4.78, 5) is 1.06. The normalized spacial score (nSPS) is 9.29. The van der Waals surface area contributed by atoms with Crippen molar-refractivity contribution in [1.82, 2.24) is 0 Å². The Labute approximate surface area is 46.7 Å². The van der Waals surface area contributed by atoms with E-state index >= 15 is 0 Å². The van der Waals surface area contributed by atoms with Crippen LogP contribution >= 0.6 is 11.8 Å². The Hall–Kier alpha value is -0.370. The van der Waals surface area contributed by atoms with E-state index in [9.17, 15) is 0 Å². The zero-order chi connectivity index (χ0) is 5.11. The monoisotopic (exact) mass is 113 g/mol. The van der Waals surface area contributed by atoms with Crippen molar-refractivity contribution in [2.45, 2.75) is 4.90 Å². The van der Waals surface area contributed by atoms with Crippen molar-refractivity contribution in [3.05, 3.63) is 18.6 Å². The fourth-order valence-electron chi connectivity index (χ4n) is 0.332. The van der Waals surface area contributed by atoms with Crippen LogP contribution in [0.5, 0.6) is 0 Å². The zero-order valence-corrected chi connectivity index (χ0v) is 4.79. The summed E-state index contributed by atoms with van der Waals surface area (Å²) in [7, 11) is 0. The van der Waals surface area contributed by atoms with Gasteiger partial charge in [-0.3, -0.25) is 0 Å². The molecule has 1 nitrogen and oxygen atoms in total. The molecule has 1 aromatic rings. The fraction of sp³-hybridized carbons (Fsp3) is 0.200. The van der Waals surface area contributed by atoms with Gasteiger partial charge in [0.1, 0.15) is 0 Å². The van der Waals surface area contributed by atoms with E-state index < -0.39 is 0 Å². The summed E-state index contributed by atoms with van der Waals surface area (Å²) in [5, 5.41) is 0. The number of furan rings is 1. The fourth-order valence-corrected chi connectivity index (χ4v) is 0.655. The highest BCUT2D eigenvalue weighted by molar-refractivity contribution is 7.98. The van der Waals surface area contributed by atoms with Gasteiger partial charge < -0.3 is 4.42 Å². The van der Waals surface area contributed by atoms with Crippen LogP contribution < -0.4 is 0 Å². The molecular weight excluding hydrogens is 108 g/mol. The first kappa shape index (κ1) is 4.78. The molecule has 2 heteroatoms. The molecule has 0 bridgehead atoms. The molecule has 0 unspecified atom stereocenters. The third kappa shape index (κ3) is 0.996. The summed E-state index contributed by atoms with van der Waals surface area (Å²) >= 11 is 1.63. The highest BCUT2D eigenvalue weighted by Crippen LogP contribution is 2.11. The van der Waals surface area contributed by atoms with Crippen molar-refractivity contribution in [3.63, 3.8) is 0 Å². The smallest absolute Gasteiger partial charge is 0.183 e. The van der Waals surface area contributed by atoms with Gasteiger partial charge in [0.25, 0.3) is 0 Å². The summed E-state index contributed by atoms with van der Waals surface area (Å²) in [5.74, 6) is 0. The first-order valence-electron chi connectivity index (χ1n) is 1.92. The van der Waals surface area contributed by atoms with Gasteiger partial charge in [0.05, 0.1) is 11.2 Å². The molecule has 0 aliphatic rings. The highest BCUT2D eigenvalue weighted by atomic mass is 32.2. The number of rotatable bonds is 1. The lowest BCUT2D eigenvalue weighted by atomic mass is 10.7. The van der Waals surface area contributed by atoms with Gasteiger partial charge in [0.15, 0.2) is 6.26 Å². The van der Waals surface area contributed by atoms with E-state index in [0.717, 1.165) is 4.90 Å². The van der Waals surface area contributed by atoms with Crippen LogP contribution in [0, 0.1) is 6.26 Å². The number of hydrogen-bond donors (Lipinski definition) is 0. The molecular formula is C5H5OS. The lowest BCUT2D eigenvalue weighted by molar-refractivity contribution is 0.552. The van der Waals surface area contributed by atoms with Gasteiger partial charge in [-0.1, -0.05) is 0 Å². The second-order valence-corrected chi connectivity index (χ2v) is 1.94. The Morgan fingerprint density at radius 1 is 1.86 bits per heavy atom. The lowest BCUT2D eigenvalue weighted by Gasteiger charge is -1.75. The van der Waals surface area contributed by atoms with Crippen molar-refractivity contribution in [3.8, 4) is 0 Å². The quantitative estimate of drug-likeness (QED) is 0.515. The van der Waals surface area contributed by atoms with Gasteiger partial charge in [0, 0.05) is 0 Å². The molecule has 37 valence electrons. The van der Waals surface area contributed by atoms with Crippen molar-refractivity contribution in [2.24, 2.45) is 0 Å². The molecule has 1 radical (unpaired) electrons. The van der Waals surface area contributed by atoms with E-state index in [2.05, 4.69) is 10.7 Å². The van der Waals surface area contributed by atoms with E-state index in [0.29, 0.717) is 0 Å². The van der Waals surface area contributed by atoms with Crippen LogP contribution in [0.3, 0.4) is 0 Å². The molecule has 0 spiro atoms. The van der Waals surface area contributed by atoms with Crippen molar-refractivity contribution in [2.75, 3.05) is 6.26 Å². The maximum Gasteiger partial charge on any atom is 0.183 e. The second-order valence-electron chi connectivity index (χ2n) is 1.09. The molecule has 1 aromatic heterocycles. The molecule has 1 heterocycles. The maximum atomic E-state index is 4.66. The predicted molar refractivity (Wildman–Crippen MR) is 29.3 cm³/mol. The van der Waals surface area contributed by atoms with Gasteiger partial charge >= 0.3 is 0 Å². The van der Waals surface area contributed by atoms with Crippen LogP contribution in [-0.4, -0.2) is 6.26 Å². The van der Waals surface area contributed by atoms with Gasteiger partial charge in [-0.25, -0.2) is 0 Å². The van der Waals surface area contributed by atoms with Crippen LogP contribution in [0.1, 0.15) is 0 Å². The molecule has 0 saturated carbocycles. The molecule has 0 aliphatic heterocycles. The Balaban J connectivity index is 2.76. The average molecular weight is 113 g/mol. The third-order valence-electron chi connectivity index (χ3n) is 0.667. The zero-order valence-electron chi connectivity index (χ0n) is 3.97. The molecule has 0 aromatic carbocycles. The van der Waals surface area contributed by atoms with Crippen molar-refractivity contribution < 1.29 is 4.42 Å². The van der Waals surface area contributed by atoms with Crippen molar-refractivity contribution >= 4 is 11.8 Å². The minimum Gasteiger partial charge on any atom is -0.460 e. The second kappa shape index (κ2) is 2.07. The minimum atomic E-state index is 1.06. The number of hydrogen-bond acceptors (Lipinski definition) is 2. The van der Waals surface area contributed by atoms with Crippen LogP contribution in [0.15, 0.2) is 21.6 Å². The van der Waals surface area contributed by atoms with E-state index in [4.69, 9.17) is 0 Å². The Bertz CT molecular complexity index is 123. The molecule has 0 atom stereocenters. The maximum absolute atomic E-state index is 4.66. The topological polar surface area (TPSA) is 13.1 Å². The van der Waals surface area contributed by atoms with Gasteiger partial charge in [0.2, 0.25) is 0 Å². The first-order chi connectivity index (χ1) is 3.43. The lowest BCUT2D eigenvalue weighted by Crippen LogP contribution is -1.51. The number of thioether (sulfide) groups is 1. The van der Waals surface area contributed by atoms with Gasteiger partial charge in [-0.05, 0) is 12.3 Å². The predicted octanol–water partition coefficient (Wildman–Crippen LogP) is 1.80. The minimum absolute atomic E-state index is 1.06. The third-order valence-corrected chi connectivity index (χ3v) is 1.33. The summed E-state index contributed by atoms with van der Waals surface area (Å²) < 4.78 is 4.66. The van der Waals surface area contributed by atoms with Crippen molar-refractivity contribution in [1.29, 1.82) is 0 Å². The first-order valence-corrected chi connectivity index (χ1v) is 3.15. The van der Waals surface area contributed by atoms with E-state index in [1.807, 2.05) is 12.3 Å². The van der Waals surface area contributed by atoms with E-state index in [1.54, 1.807) is 18.0 Å². The van der Waals surface area contributed by atoms with Crippen LogP contribution in [0.25, 0.3) is 0 Å². The Kier molecular flexibility index (Phi) is 1.42. The summed E-state index contributed by atoms with van der Waals surface area (Å²) in [6.45, 7) is 0. The Morgan fingerprint density at radius 2 is 2.71 bits per heavy atom. The SMILES string of the molecule is CSc1[c]occ1. The standard InChI is InChI=1S/C5H5OS/c1-7-5-2-3-6-4-5/h2-3H,1H3. The van der Waals surface area contributed by atoms with Gasteiger partial charge in [-0.2, -0.15) is 0 Å². The largest absolute Gasteiger partial charge is 0.460 e. The Morgan fingerprint density at radius 3 is 3.00 bits per heavy atom. The molecule has 0 amide bonds. The highest BCUT2D eigenvalue weighted by Gasteiger charge is 1.86. The molecule has 0 aliphatic carbocycles.